The Balaban J connectivity index is 1.29. The van der Waals surface area contributed by atoms with Crippen LogP contribution in [0.5, 0.6) is 0 Å². The molecule has 3 aromatic rings. The Bertz CT molecular complexity index is 979. The Labute approximate surface area is 171 Å². The van der Waals surface area contributed by atoms with Gasteiger partial charge in [0.2, 0.25) is 0 Å². The molecule has 148 valence electrons. The van der Waals surface area contributed by atoms with Crippen molar-refractivity contribution in [3.63, 3.8) is 0 Å². The summed E-state index contributed by atoms with van der Waals surface area (Å²) in [6.45, 7) is 2.82. The Hall–Kier alpha value is -2.92. The number of amides is 1. The largest absolute Gasteiger partial charge is 0.347 e. The van der Waals surface area contributed by atoms with Crippen molar-refractivity contribution >= 4 is 5.91 Å². The lowest BCUT2D eigenvalue weighted by molar-refractivity contribution is 0.0929. The summed E-state index contributed by atoms with van der Waals surface area (Å²) >= 11 is 0. The third kappa shape index (κ3) is 4.10. The quantitative estimate of drug-likeness (QED) is 0.702. The minimum absolute atomic E-state index is 0.0279. The van der Waals surface area contributed by atoms with E-state index in [0.717, 1.165) is 37.4 Å². The Morgan fingerprint density at radius 1 is 1.00 bits per heavy atom. The standard InChI is InChI=1S/C24H26N4O/c29-24(25-20-13-14-27(17-20)16-18-7-3-1-4-8-18)23-15-22(19-11-12-19)26-28(23)21-9-5-2-6-10-21/h1-10,15,19-20H,11-14,16-17H2,(H,25,29)/t20-/m0/s1. The second-order valence-electron chi connectivity index (χ2n) is 8.16. The highest BCUT2D eigenvalue weighted by molar-refractivity contribution is 5.93. The van der Waals surface area contributed by atoms with Gasteiger partial charge in [-0.3, -0.25) is 9.69 Å². The summed E-state index contributed by atoms with van der Waals surface area (Å²) < 4.78 is 1.81. The van der Waals surface area contributed by atoms with E-state index in [1.54, 1.807) is 4.68 Å². The molecule has 1 aliphatic carbocycles. The number of rotatable bonds is 6. The number of aromatic nitrogens is 2. The second kappa shape index (κ2) is 7.84. The van der Waals surface area contributed by atoms with Gasteiger partial charge in [-0.25, -0.2) is 4.68 Å². The first-order chi connectivity index (χ1) is 14.3. The smallest absolute Gasteiger partial charge is 0.270 e. The second-order valence-corrected chi connectivity index (χ2v) is 8.16. The molecule has 5 rings (SSSR count). The molecule has 2 fully saturated rings. The van der Waals surface area contributed by atoms with Crippen LogP contribution in [0, 0.1) is 0 Å². The van der Waals surface area contributed by atoms with Gasteiger partial charge in [-0.05, 0) is 43.0 Å². The van der Waals surface area contributed by atoms with Crippen molar-refractivity contribution in [3.8, 4) is 5.69 Å². The number of para-hydroxylation sites is 1. The lowest BCUT2D eigenvalue weighted by Crippen LogP contribution is -2.37. The minimum Gasteiger partial charge on any atom is -0.347 e. The molecule has 2 aromatic carbocycles. The van der Waals surface area contributed by atoms with Gasteiger partial charge in [0.1, 0.15) is 5.69 Å². The number of nitrogens with one attached hydrogen (secondary N) is 1. The van der Waals surface area contributed by atoms with Gasteiger partial charge in [-0.15, -0.1) is 0 Å². The summed E-state index contributed by atoms with van der Waals surface area (Å²) in [7, 11) is 0. The van der Waals surface area contributed by atoms with Crippen LogP contribution in [-0.2, 0) is 6.54 Å². The molecule has 0 bridgehead atoms. The van der Waals surface area contributed by atoms with Crippen LogP contribution in [-0.4, -0.2) is 39.7 Å². The summed E-state index contributed by atoms with van der Waals surface area (Å²) in [5.74, 6) is 0.485. The molecule has 1 aromatic heterocycles. The van der Waals surface area contributed by atoms with Crippen LogP contribution >= 0.6 is 0 Å². The maximum Gasteiger partial charge on any atom is 0.270 e. The summed E-state index contributed by atoms with van der Waals surface area (Å²) in [4.78, 5) is 15.5. The van der Waals surface area contributed by atoms with Crippen LogP contribution < -0.4 is 5.32 Å². The number of nitrogens with zero attached hydrogens (tertiary/aromatic N) is 3. The molecule has 29 heavy (non-hydrogen) atoms. The number of carbonyl (C=O) groups is 1. The summed E-state index contributed by atoms with van der Waals surface area (Å²) in [6, 6.07) is 22.6. The Kier molecular flexibility index (Phi) is 4.90. The molecule has 0 spiro atoms. The van der Waals surface area contributed by atoms with E-state index in [-0.39, 0.29) is 11.9 Å². The molecule has 0 unspecified atom stereocenters. The van der Waals surface area contributed by atoms with Gasteiger partial charge in [0.25, 0.3) is 5.91 Å². The Morgan fingerprint density at radius 3 is 2.45 bits per heavy atom. The normalized spacial score (nSPS) is 19.4. The zero-order chi connectivity index (χ0) is 19.6. The van der Waals surface area contributed by atoms with E-state index in [4.69, 9.17) is 5.10 Å². The summed E-state index contributed by atoms with van der Waals surface area (Å²) in [5.41, 5.74) is 3.92. The van der Waals surface area contributed by atoms with Crippen LogP contribution in [0.2, 0.25) is 0 Å². The first-order valence-corrected chi connectivity index (χ1v) is 10.5. The molecule has 1 amide bonds. The third-order valence-corrected chi connectivity index (χ3v) is 5.81. The average Bonchev–Trinajstić information content (AvgIpc) is 3.36. The van der Waals surface area contributed by atoms with Crippen molar-refractivity contribution in [3.05, 3.63) is 83.7 Å². The van der Waals surface area contributed by atoms with Crippen LogP contribution in [0.25, 0.3) is 5.69 Å². The molecule has 1 saturated carbocycles. The summed E-state index contributed by atoms with van der Waals surface area (Å²) in [6.07, 6.45) is 3.32. The van der Waals surface area contributed by atoms with Crippen molar-refractivity contribution < 1.29 is 4.79 Å². The summed E-state index contributed by atoms with van der Waals surface area (Å²) in [5, 5.41) is 8.01. The van der Waals surface area contributed by atoms with Crippen molar-refractivity contribution in [1.82, 2.24) is 20.0 Å². The topological polar surface area (TPSA) is 50.2 Å². The average molecular weight is 386 g/mol. The van der Waals surface area contributed by atoms with E-state index in [9.17, 15) is 4.79 Å². The lowest BCUT2D eigenvalue weighted by atomic mass is 10.2. The van der Waals surface area contributed by atoms with Crippen LogP contribution in [0.1, 0.15) is 46.9 Å². The highest BCUT2D eigenvalue weighted by atomic mass is 16.2. The molecule has 1 N–H and O–H groups in total. The predicted molar refractivity (Wildman–Crippen MR) is 113 cm³/mol. The van der Waals surface area contributed by atoms with E-state index >= 15 is 0 Å². The molecule has 2 aliphatic rings. The number of hydrogen-bond donors (Lipinski definition) is 1. The fraction of sp³-hybridized carbons (Fsp3) is 0.333. The van der Waals surface area contributed by atoms with Crippen molar-refractivity contribution in [2.75, 3.05) is 13.1 Å². The van der Waals surface area contributed by atoms with Gasteiger partial charge in [-0.1, -0.05) is 48.5 Å². The van der Waals surface area contributed by atoms with E-state index in [1.807, 2.05) is 42.5 Å². The van der Waals surface area contributed by atoms with Gasteiger partial charge in [-0.2, -0.15) is 5.10 Å². The zero-order valence-electron chi connectivity index (χ0n) is 16.5. The Morgan fingerprint density at radius 2 is 1.72 bits per heavy atom. The van der Waals surface area contributed by atoms with Crippen molar-refractivity contribution in [2.45, 2.75) is 37.8 Å². The first-order valence-electron chi connectivity index (χ1n) is 10.5. The molecule has 1 atom stereocenters. The van der Waals surface area contributed by atoms with Gasteiger partial charge < -0.3 is 5.32 Å². The van der Waals surface area contributed by atoms with Gasteiger partial charge in [0.05, 0.1) is 11.4 Å². The number of benzene rings is 2. The molecular weight excluding hydrogens is 360 g/mol. The van der Waals surface area contributed by atoms with Gasteiger partial charge in [0, 0.05) is 31.6 Å². The van der Waals surface area contributed by atoms with E-state index < -0.39 is 0 Å². The SMILES string of the molecule is O=C(N[C@H]1CCN(Cc2ccccc2)C1)c1cc(C2CC2)nn1-c1ccccc1. The molecule has 2 heterocycles. The first kappa shape index (κ1) is 18.1. The fourth-order valence-corrected chi connectivity index (χ4v) is 4.10. The molecule has 0 radical (unpaired) electrons. The lowest BCUT2D eigenvalue weighted by Gasteiger charge is -2.17. The number of likely N-dealkylation sites (tertiary alicyclic amines) is 1. The maximum atomic E-state index is 13.1. The van der Waals surface area contributed by atoms with Crippen LogP contribution in [0.15, 0.2) is 66.7 Å². The molecule has 5 heteroatoms. The number of carbonyl (C=O) groups excluding carboxylic acids is 1. The molecule has 1 aliphatic heterocycles. The van der Waals surface area contributed by atoms with Crippen molar-refractivity contribution in [2.24, 2.45) is 0 Å². The number of hydrogen-bond acceptors (Lipinski definition) is 3. The molecular formula is C24H26N4O. The van der Waals surface area contributed by atoms with E-state index in [0.29, 0.717) is 11.6 Å². The molecule has 1 saturated heterocycles. The highest BCUT2D eigenvalue weighted by Gasteiger charge is 2.30. The minimum atomic E-state index is -0.0279. The monoisotopic (exact) mass is 386 g/mol. The van der Waals surface area contributed by atoms with Gasteiger partial charge in [0.15, 0.2) is 0 Å². The van der Waals surface area contributed by atoms with Crippen LogP contribution in [0.3, 0.4) is 0 Å². The van der Waals surface area contributed by atoms with Gasteiger partial charge >= 0.3 is 0 Å². The fourth-order valence-electron chi connectivity index (χ4n) is 4.10. The highest BCUT2D eigenvalue weighted by Crippen LogP contribution is 2.39. The maximum absolute atomic E-state index is 13.1. The van der Waals surface area contributed by atoms with Crippen LogP contribution in [0.4, 0.5) is 0 Å². The van der Waals surface area contributed by atoms with E-state index in [1.165, 1.54) is 18.4 Å². The van der Waals surface area contributed by atoms with E-state index in [2.05, 4.69) is 34.5 Å². The molecule has 5 nitrogen and oxygen atoms in total. The zero-order valence-corrected chi connectivity index (χ0v) is 16.5. The predicted octanol–water partition coefficient (Wildman–Crippen LogP) is 3.75. The third-order valence-electron chi connectivity index (χ3n) is 5.81. The van der Waals surface area contributed by atoms with Crippen molar-refractivity contribution in [1.29, 1.82) is 0 Å².